The van der Waals surface area contributed by atoms with E-state index in [0.717, 1.165) is 4.91 Å². The minimum absolute atomic E-state index is 0.309. The highest BCUT2D eigenvalue weighted by Crippen LogP contribution is 2.40. The summed E-state index contributed by atoms with van der Waals surface area (Å²) >= 11 is 7.12. The van der Waals surface area contributed by atoms with E-state index in [4.69, 9.17) is 17.3 Å². The van der Waals surface area contributed by atoms with Crippen LogP contribution in [0.5, 0.6) is 0 Å². The number of nitrogens with two attached hydrogens (primary N) is 1. The fourth-order valence-corrected chi connectivity index (χ4v) is 3.94. The lowest BCUT2D eigenvalue weighted by Gasteiger charge is -2.30. The second-order valence-electron chi connectivity index (χ2n) is 6.51. The summed E-state index contributed by atoms with van der Waals surface area (Å²) in [5.41, 5.74) is 4.77. The van der Waals surface area contributed by atoms with Gasteiger partial charge in [-0.1, -0.05) is 29.9 Å². The molecule has 1 amide bonds. The summed E-state index contributed by atoms with van der Waals surface area (Å²) in [6.07, 6.45) is -0.533. The zero-order chi connectivity index (χ0) is 21.4. The van der Waals surface area contributed by atoms with Crippen LogP contribution >= 0.6 is 23.4 Å². The van der Waals surface area contributed by atoms with Gasteiger partial charge >= 0.3 is 6.18 Å². The molecule has 0 bridgehead atoms. The molecule has 1 aliphatic rings. The third-order valence-electron chi connectivity index (χ3n) is 4.15. The molecule has 3 rings (SSSR count). The van der Waals surface area contributed by atoms with Gasteiger partial charge in [-0.05, 0) is 24.0 Å². The average molecular weight is 442 g/mol. The van der Waals surface area contributed by atoms with Gasteiger partial charge in [0.15, 0.2) is 5.17 Å². The second-order valence-corrected chi connectivity index (χ2v) is 8.12. The van der Waals surface area contributed by atoms with Gasteiger partial charge in [-0.3, -0.25) is 14.8 Å². The van der Waals surface area contributed by atoms with Crippen molar-refractivity contribution in [2.75, 3.05) is 5.32 Å². The molecule has 1 unspecified atom stereocenters. The van der Waals surface area contributed by atoms with Crippen LogP contribution in [0.4, 0.5) is 18.9 Å². The molecule has 6 nitrogen and oxygen atoms in total. The zero-order valence-corrected chi connectivity index (χ0v) is 16.6. The number of pyridine rings is 2. The number of hydrogen-bond acceptors (Lipinski definition) is 6. The summed E-state index contributed by atoms with van der Waals surface area (Å²) in [5.74, 6) is -0.764. The van der Waals surface area contributed by atoms with Crippen LogP contribution in [0.2, 0.25) is 5.02 Å². The molecule has 2 aromatic heterocycles. The van der Waals surface area contributed by atoms with Gasteiger partial charge in [0.2, 0.25) is 0 Å². The van der Waals surface area contributed by atoms with E-state index in [1.54, 1.807) is 12.3 Å². The molecule has 1 atom stereocenters. The summed E-state index contributed by atoms with van der Waals surface area (Å²) in [5, 5.41) is 2.50. The van der Waals surface area contributed by atoms with Gasteiger partial charge in [0.05, 0.1) is 28.0 Å². The quantitative estimate of drug-likeness (QED) is 0.727. The van der Waals surface area contributed by atoms with Crippen LogP contribution in [0, 0.1) is 0 Å². The van der Waals surface area contributed by atoms with E-state index in [1.807, 2.05) is 6.92 Å². The lowest BCUT2D eigenvalue weighted by molar-refractivity contribution is -0.137. The number of aliphatic imine (C=N–C) groups is 1. The Hall–Kier alpha value is -2.59. The Bertz CT molecular complexity index is 1030. The van der Waals surface area contributed by atoms with Crippen LogP contribution in [-0.2, 0) is 11.7 Å². The first-order chi connectivity index (χ1) is 13.5. The number of nitrogens with one attached hydrogen (secondary N) is 1. The number of carbonyl (C=O) groups is 1. The molecule has 0 spiro atoms. The van der Waals surface area contributed by atoms with Crippen molar-refractivity contribution in [2.24, 2.45) is 10.7 Å². The highest BCUT2D eigenvalue weighted by molar-refractivity contribution is 8.17. The van der Waals surface area contributed by atoms with E-state index in [9.17, 15) is 18.0 Å². The molecule has 152 valence electrons. The average Bonchev–Trinajstić information content (AvgIpc) is 2.59. The molecular weight excluding hydrogens is 427 g/mol. The van der Waals surface area contributed by atoms with Gasteiger partial charge in [0.25, 0.3) is 5.91 Å². The molecule has 0 radical (unpaired) electrons. The van der Waals surface area contributed by atoms with Crippen LogP contribution in [0.25, 0.3) is 0 Å². The molecule has 29 heavy (non-hydrogen) atoms. The Morgan fingerprint density at radius 2 is 2.07 bits per heavy atom. The van der Waals surface area contributed by atoms with Crippen molar-refractivity contribution in [3.63, 3.8) is 0 Å². The highest BCUT2D eigenvalue weighted by Gasteiger charge is 2.33. The van der Waals surface area contributed by atoms with Crippen molar-refractivity contribution in [1.29, 1.82) is 0 Å². The number of rotatable bonds is 3. The standard InChI is InChI=1S/C18H15ClF3N5OS/c1-9-5-17(2,27-16(23)29-9)10-3-12(8-24-6-10)26-15(28)14-13(19)4-11(7-25-14)18(20,21)22/h3-4,6-8H,1,5H2,2H3,(H2,23,27)(H,26,28). The molecule has 3 heterocycles. The number of halogens is 4. The number of carbonyl (C=O) groups excluding carboxylic acids is 1. The Morgan fingerprint density at radius 1 is 1.34 bits per heavy atom. The van der Waals surface area contributed by atoms with Crippen molar-refractivity contribution in [2.45, 2.75) is 25.1 Å². The third-order valence-corrected chi connectivity index (χ3v) is 5.17. The normalized spacial score (nSPS) is 19.6. The predicted molar refractivity (Wildman–Crippen MR) is 107 cm³/mol. The Labute approximate surface area is 173 Å². The first kappa shape index (κ1) is 21.1. The van der Waals surface area contributed by atoms with Gasteiger partial charge < -0.3 is 11.1 Å². The number of nitrogens with zero attached hydrogens (tertiary/aromatic N) is 3. The second kappa shape index (κ2) is 7.68. The molecule has 0 saturated carbocycles. The SMILES string of the molecule is C=C1CC(C)(c2cncc(NC(=O)c3ncc(C(F)(F)F)cc3Cl)c2)N=C(N)S1. The highest BCUT2D eigenvalue weighted by atomic mass is 35.5. The minimum Gasteiger partial charge on any atom is -0.378 e. The fourth-order valence-electron chi connectivity index (χ4n) is 2.79. The molecule has 2 aromatic rings. The smallest absolute Gasteiger partial charge is 0.378 e. The van der Waals surface area contributed by atoms with Crippen molar-refractivity contribution < 1.29 is 18.0 Å². The largest absolute Gasteiger partial charge is 0.417 e. The van der Waals surface area contributed by atoms with Gasteiger partial charge in [-0.2, -0.15) is 13.2 Å². The van der Waals surface area contributed by atoms with E-state index < -0.39 is 28.2 Å². The first-order valence-electron chi connectivity index (χ1n) is 8.18. The van der Waals surface area contributed by atoms with Crippen molar-refractivity contribution in [3.8, 4) is 0 Å². The van der Waals surface area contributed by atoms with Gasteiger partial charge in [-0.15, -0.1) is 0 Å². The number of amidine groups is 1. The van der Waals surface area contributed by atoms with Crippen LogP contribution in [-0.4, -0.2) is 21.0 Å². The topological polar surface area (TPSA) is 93.3 Å². The van der Waals surface area contributed by atoms with Crippen molar-refractivity contribution in [3.05, 3.63) is 64.1 Å². The summed E-state index contributed by atoms with van der Waals surface area (Å²) < 4.78 is 38.2. The van der Waals surface area contributed by atoms with Gasteiger partial charge in [0, 0.05) is 24.4 Å². The van der Waals surface area contributed by atoms with Gasteiger partial charge in [-0.25, -0.2) is 4.98 Å². The Kier molecular flexibility index (Phi) is 5.59. The number of thioether (sulfide) groups is 1. The monoisotopic (exact) mass is 441 g/mol. The Morgan fingerprint density at radius 3 is 2.69 bits per heavy atom. The minimum atomic E-state index is -4.61. The van der Waals surface area contributed by atoms with E-state index in [-0.39, 0.29) is 5.69 Å². The van der Waals surface area contributed by atoms with Crippen molar-refractivity contribution >= 4 is 40.1 Å². The maximum Gasteiger partial charge on any atom is 0.417 e. The lowest BCUT2D eigenvalue weighted by atomic mass is 9.90. The summed E-state index contributed by atoms with van der Waals surface area (Å²) in [6, 6.07) is 2.31. The van der Waals surface area contributed by atoms with Crippen LogP contribution in [0.1, 0.15) is 35.0 Å². The molecule has 0 aliphatic carbocycles. The lowest BCUT2D eigenvalue weighted by Crippen LogP contribution is -2.28. The molecule has 11 heteroatoms. The van der Waals surface area contributed by atoms with Crippen LogP contribution in [0.3, 0.4) is 0 Å². The van der Waals surface area contributed by atoms with Crippen LogP contribution < -0.4 is 11.1 Å². The molecule has 1 aliphatic heterocycles. The predicted octanol–water partition coefficient (Wildman–Crippen LogP) is 4.58. The van der Waals surface area contributed by atoms with Crippen LogP contribution in [0.15, 0.2) is 47.2 Å². The van der Waals surface area contributed by atoms with Gasteiger partial charge in [0.1, 0.15) is 5.69 Å². The molecule has 0 aromatic carbocycles. The maximum atomic E-state index is 12.7. The number of anilines is 1. The van der Waals surface area contributed by atoms with E-state index >= 15 is 0 Å². The molecule has 0 saturated heterocycles. The van der Waals surface area contributed by atoms with E-state index in [2.05, 4.69) is 26.9 Å². The van der Waals surface area contributed by atoms with Crippen molar-refractivity contribution in [1.82, 2.24) is 9.97 Å². The summed E-state index contributed by atoms with van der Waals surface area (Å²) in [4.78, 5) is 25.4. The Balaban J connectivity index is 1.85. The number of hydrogen-bond donors (Lipinski definition) is 2. The zero-order valence-electron chi connectivity index (χ0n) is 15.0. The fraction of sp³-hybridized carbons (Fsp3) is 0.222. The van der Waals surface area contributed by atoms with E-state index in [0.29, 0.717) is 35.1 Å². The molecule has 0 fully saturated rings. The third kappa shape index (κ3) is 4.70. The first-order valence-corrected chi connectivity index (χ1v) is 9.38. The number of alkyl halides is 3. The molecular formula is C18H15ClF3N5OS. The summed E-state index contributed by atoms with van der Waals surface area (Å²) in [6.45, 7) is 5.80. The van der Waals surface area contributed by atoms with E-state index in [1.165, 1.54) is 18.0 Å². The maximum absolute atomic E-state index is 12.7. The molecule has 3 N–H and O–H groups in total. The number of amides is 1. The number of aromatic nitrogens is 2. The summed E-state index contributed by atoms with van der Waals surface area (Å²) in [7, 11) is 0.